The number of nitrogens with zero attached hydrogens (tertiary/aromatic N) is 1. The summed E-state index contributed by atoms with van der Waals surface area (Å²) in [5, 5.41) is 17.3. The Bertz CT molecular complexity index is 138. The summed E-state index contributed by atoms with van der Waals surface area (Å²) in [7, 11) is 0. The molecule has 13 heavy (non-hydrogen) atoms. The summed E-state index contributed by atoms with van der Waals surface area (Å²) < 4.78 is 35.6. The molecular formula is C7H14F3NO2. The molecule has 80 valence electrons. The second-order valence-corrected chi connectivity index (χ2v) is 2.92. The van der Waals surface area contributed by atoms with Crippen LogP contribution < -0.4 is 0 Å². The van der Waals surface area contributed by atoms with Crippen LogP contribution in [0.4, 0.5) is 13.2 Å². The molecule has 0 bridgehead atoms. The molecule has 0 aliphatic carbocycles. The zero-order valence-corrected chi connectivity index (χ0v) is 7.38. The average molecular weight is 201 g/mol. The quantitative estimate of drug-likeness (QED) is 0.669. The number of hydrogen-bond acceptors (Lipinski definition) is 3. The van der Waals surface area contributed by atoms with E-state index in [-0.39, 0.29) is 19.7 Å². The van der Waals surface area contributed by atoms with Crippen molar-refractivity contribution in [1.82, 2.24) is 4.90 Å². The van der Waals surface area contributed by atoms with E-state index >= 15 is 0 Å². The molecule has 0 aliphatic rings. The van der Waals surface area contributed by atoms with Gasteiger partial charge in [-0.2, -0.15) is 13.2 Å². The highest BCUT2D eigenvalue weighted by atomic mass is 19.4. The standard InChI is InChI=1S/C7H14F3NO2/c1-6(13)4-11(2-3-12)5-7(8,9)10/h6,12-13H,2-5H2,1H3/t6-/m1/s1. The average Bonchev–Trinajstić information content (AvgIpc) is 1.81. The van der Waals surface area contributed by atoms with E-state index in [1.54, 1.807) is 0 Å². The third-order valence-corrected chi connectivity index (χ3v) is 1.34. The molecule has 3 nitrogen and oxygen atoms in total. The molecule has 6 heteroatoms. The lowest BCUT2D eigenvalue weighted by molar-refractivity contribution is -0.149. The minimum atomic E-state index is -4.29. The van der Waals surface area contributed by atoms with Gasteiger partial charge in [-0.05, 0) is 6.92 Å². The summed E-state index contributed by atoms with van der Waals surface area (Å²) in [5.74, 6) is 0. The first-order chi connectivity index (χ1) is 5.85. The third-order valence-electron chi connectivity index (χ3n) is 1.34. The highest BCUT2D eigenvalue weighted by molar-refractivity contribution is 4.65. The maximum absolute atomic E-state index is 11.9. The molecule has 0 spiro atoms. The van der Waals surface area contributed by atoms with Crippen LogP contribution in [0, 0.1) is 0 Å². The number of aliphatic hydroxyl groups excluding tert-OH is 2. The SMILES string of the molecule is C[C@@H](O)CN(CCO)CC(F)(F)F. The van der Waals surface area contributed by atoms with Gasteiger partial charge in [-0.15, -0.1) is 0 Å². The molecule has 0 rings (SSSR count). The summed E-state index contributed by atoms with van der Waals surface area (Å²) in [6.07, 6.45) is -5.11. The Morgan fingerprint density at radius 2 is 1.92 bits per heavy atom. The highest BCUT2D eigenvalue weighted by Gasteiger charge is 2.30. The topological polar surface area (TPSA) is 43.7 Å². The number of hydrogen-bond donors (Lipinski definition) is 2. The fraction of sp³-hybridized carbons (Fsp3) is 1.00. The van der Waals surface area contributed by atoms with Gasteiger partial charge < -0.3 is 10.2 Å². The van der Waals surface area contributed by atoms with E-state index in [9.17, 15) is 13.2 Å². The molecule has 2 N–H and O–H groups in total. The lowest BCUT2D eigenvalue weighted by atomic mass is 10.3. The Kier molecular flexibility index (Phi) is 5.27. The molecule has 0 heterocycles. The monoisotopic (exact) mass is 201 g/mol. The smallest absolute Gasteiger partial charge is 0.395 e. The molecule has 0 fully saturated rings. The van der Waals surface area contributed by atoms with Gasteiger partial charge in [0.05, 0.1) is 19.3 Å². The fourth-order valence-electron chi connectivity index (χ4n) is 1.00. The van der Waals surface area contributed by atoms with Crippen molar-refractivity contribution in [2.45, 2.75) is 19.2 Å². The van der Waals surface area contributed by atoms with Crippen LogP contribution in [-0.2, 0) is 0 Å². The van der Waals surface area contributed by atoms with Crippen molar-refractivity contribution in [3.8, 4) is 0 Å². The van der Waals surface area contributed by atoms with E-state index in [0.29, 0.717) is 0 Å². The molecule has 0 amide bonds. The molecule has 0 radical (unpaired) electrons. The predicted molar refractivity (Wildman–Crippen MR) is 41.3 cm³/mol. The van der Waals surface area contributed by atoms with Crippen molar-refractivity contribution in [2.75, 3.05) is 26.2 Å². The molecule has 0 aliphatic heterocycles. The number of rotatable bonds is 5. The predicted octanol–water partition coefficient (Wildman–Crippen LogP) is 0.224. The Balaban J connectivity index is 3.94. The maximum atomic E-state index is 11.9. The summed E-state index contributed by atoms with van der Waals surface area (Å²) >= 11 is 0. The number of alkyl halides is 3. The maximum Gasteiger partial charge on any atom is 0.401 e. The van der Waals surface area contributed by atoms with Crippen LogP contribution >= 0.6 is 0 Å². The highest BCUT2D eigenvalue weighted by Crippen LogP contribution is 2.16. The minimum Gasteiger partial charge on any atom is -0.395 e. The van der Waals surface area contributed by atoms with Crippen molar-refractivity contribution in [1.29, 1.82) is 0 Å². The van der Waals surface area contributed by atoms with Gasteiger partial charge in [0.1, 0.15) is 0 Å². The van der Waals surface area contributed by atoms with Gasteiger partial charge in [0, 0.05) is 13.1 Å². The van der Waals surface area contributed by atoms with Crippen molar-refractivity contribution >= 4 is 0 Å². The van der Waals surface area contributed by atoms with E-state index in [0.717, 1.165) is 4.90 Å². The molecule has 0 saturated heterocycles. The number of halogens is 3. The second kappa shape index (κ2) is 5.41. The van der Waals surface area contributed by atoms with Crippen LogP contribution in [0.1, 0.15) is 6.92 Å². The van der Waals surface area contributed by atoms with E-state index in [4.69, 9.17) is 10.2 Å². The van der Waals surface area contributed by atoms with Gasteiger partial charge in [0.2, 0.25) is 0 Å². The molecule has 1 atom stereocenters. The Hall–Kier alpha value is -0.330. The van der Waals surface area contributed by atoms with Gasteiger partial charge >= 0.3 is 6.18 Å². The first-order valence-electron chi connectivity index (χ1n) is 3.93. The molecule has 0 aromatic rings. The van der Waals surface area contributed by atoms with Crippen LogP contribution in [0.5, 0.6) is 0 Å². The van der Waals surface area contributed by atoms with E-state index in [2.05, 4.69) is 0 Å². The molecule has 0 aromatic heterocycles. The summed E-state index contributed by atoms with van der Waals surface area (Å²) in [5.41, 5.74) is 0. The van der Waals surface area contributed by atoms with Crippen molar-refractivity contribution < 1.29 is 23.4 Å². The summed E-state index contributed by atoms with van der Waals surface area (Å²) in [6, 6.07) is 0. The van der Waals surface area contributed by atoms with Crippen LogP contribution in [0.25, 0.3) is 0 Å². The van der Waals surface area contributed by atoms with Gasteiger partial charge in [0.15, 0.2) is 0 Å². The first-order valence-corrected chi connectivity index (χ1v) is 3.93. The fourth-order valence-corrected chi connectivity index (χ4v) is 1.00. The number of aliphatic hydroxyl groups is 2. The van der Waals surface area contributed by atoms with Crippen molar-refractivity contribution in [2.24, 2.45) is 0 Å². The van der Waals surface area contributed by atoms with Crippen molar-refractivity contribution in [3.05, 3.63) is 0 Å². The largest absolute Gasteiger partial charge is 0.401 e. The van der Waals surface area contributed by atoms with Gasteiger partial charge in [0.25, 0.3) is 0 Å². The molecule has 0 saturated carbocycles. The lowest BCUT2D eigenvalue weighted by Crippen LogP contribution is -2.40. The summed E-state index contributed by atoms with van der Waals surface area (Å²) in [6.45, 7) is -0.202. The Labute approximate surface area is 74.8 Å². The van der Waals surface area contributed by atoms with Crippen LogP contribution in [0.15, 0.2) is 0 Å². The van der Waals surface area contributed by atoms with E-state index in [1.807, 2.05) is 0 Å². The summed E-state index contributed by atoms with van der Waals surface area (Å²) in [4.78, 5) is 0.963. The van der Waals surface area contributed by atoms with Crippen LogP contribution in [0.3, 0.4) is 0 Å². The van der Waals surface area contributed by atoms with Gasteiger partial charge in [-0.25, -0.2) is 0 Å². The van der Waals surface area contributed by atoms with Crippen molar-refractivity contribution in [3.63, 3.8) is 0 Å². The van der Waals surface area contributed by atoms with E-state index in [1.165, 1.54) is 6.92 Å². The van der Waals surface area contributed by atoms with E-state index < -0.39 is 18.8 Å². The normalized spacial score (nSPS) is 15.0. The zero-order valence-electron chi connectivity index (χ0n) is 7.38. The molecule has 0 unspecified atom stereocenters. The lowest BCUT2D eigenvalue weighted by Gasteiger charge is -2.23. The Morgan fingerprint density at radius 1 is 1.38 bits per heavy atom. The third kappa shape index (κ3) is 8.01. The second-order valence-electron chi connectivity index (χ2n) is 2.92. The molecular weight excluding hydrogens is 187 g/mol. The zero-order chi connectivity index (χ0) is 10.5. The first kappa shape index (κ1) is 12.7. The molecule has 0 aromatic carbocycles. The van der Waals surface area contributed by atoms with Gasteiger partial charge in [-0.3, -0.25) is 4.90 Å². The Morgan fingerprint density at radius 3 is 2.23 bits per heavy atom. The van der Waals surface area contributed by atoms with Crippen LogP contribution in [0.2, 0.25) is 0 Å². The van der Waals surface area contributed by atoms with Crippen LogP contribution in [-0.4, -0.2) is 53.6 Å². The van der Waals surface area contributed by atoms with Gasteiger partial charge in [-0.1, -0.05) is 0 Å². The minimum absolute atomic E-state index is 0.0790.